The van der Waals surface area contributed by atoms with Gasteiger partial charge in [0.15, 0.2) is 0 Å². The molecule has 0 unspecified atom stereocenters. The van der Waals surface area contributed by atoms with Gasteiger partial charge in [0.2, 0.25) is 5.82 Å². The monoisotopic (exact) mass is 465 g/mol. The highest BCUT2D eigenvalue weighted by atomic mass is 79.9. The number of carbonyl (C=O) groups is 1. The maximum atomic E-state index is 12.2. The molecule has 2 aromatic carbocycles. The van der Waals surface area contributed by atoms with E-state index in [0.717, 1.165) is 11.1 Å². The molecule has 0 aliphatic carbocycles. The summed E-state index contributed by atoms with van der Waals surface area (Å²) >= 11 is 6.48. The standard InChI is InChI=1S/C17H13Br2N3O3/c1-9-4-2-3-5-10(9)8-20-16(24)17-21-15(22-25-17)11-6-12(18)14(23)13(19)7-11/h2-7,23H,8H2,1H3,(H,20,24). The molecule has 1 amide bonds. The van der Waals surface area contributed by atoms with Crippen molar-refractivity contribution < 1.29 is 14.4 Å². The van der Waals surface area contributed by atoms with Gasteiger partial charge in [0.25, 0.3) is 0 Å². The highest BCUT2D eigenvalue weighted by Gasteiger charge is 2.17. The third-order valence-corrected chi connectivity index (χ3v) is 4.80. The topological polar surface area (TPSA) is 88.2 Å². The van der Waals surface area contributed by atoms with Crippen molar-refractivity contribution in [3.63, 3.8) is 0 Å². The Hall–Kier alpha value is -2.19. The summed E-state index contributed by atoms with van der Waals surface area (Å²) in [6, 6.07) is 11.1. The van der Waals surface area contributed by atoms with Crippen LogP contribution in [0.15, 0.2) is 49.9 Å². The number of phenols is 1. The molecule has 6 nitrogen and oxygen atoms in total. The third-order valence-electron chi connectivity index (χ3n) is 3.60. The van der Waals surface area contributed by atoms with Gasteiger partial charge in [0.05, 0.1) is 8.95 Å². The highest BCUT2D eigenvalue weighted by Crippen LogP contribution is 2.36. The van der Waals surface area contributed by atoms with E-state index in [1.54, 1.807) is 12.1 Å². The largest absolute Gasteiger partial charge is 0.506 e. The van der Waals surface area contributed by atoms with Gasteiger partial charge in [-0.2, -0.15) is 4.98 Å². The van der Waals surface area contributed by atoms with E-state index in [2.05, 4.69) is 47.3 Å². The molecule has 128 valence electrons. The number of phenolic OH excluding ortho intramolecular Hbond substituents is 1. The second-order valence-corrected chi connectivity index (χ2v) is 7.03. The van der Waals surface area contributed by atoms with E-state index >= 15 is 0 Å². The van der Waals surface area contributed by atoms with E-state index in [1.807, 2.05) is 31.2 Å². The van der Waals surface area contributed by atoms with Crippen LogP contribution in [-0.4, -0.2) is 21.2 Å². The van der Waals surface area contributed by atoms with Crippen molar-refractivity contribution in [2.45, 2.75) is 13.5 Å². The summed E-state index contributed by atoms with van der Waals surface area (Å²) in [7, 11) is 0. The van der Waals surface area contributed by atoms with Crippen molar-refractivity contribution in [1.29, 1.82) is 0 Å². The molecule has 0 radical (unpaired) electrons. The van der Waals surface area contributed by atoms with Gasteiger partial charge in [0.1, 0.15) is 5.75 Å². The average Bonchev–Trinajstić information content (AvgIpc) is 3.08. The lowest BCUT2D eigenvalue weighted by atomic mass is 10.1. The van der Waals surface area contributed by atoms with Crippen LogP contribution in [-0.2, 0) is 6.54 Å². The van der Waals surface area contributed by atoms with Crippen molar-refractivity contribution in [2.24, 2.45) is 0 Å². The average molecular weight is 467 g/mol. The lowest BCUT2D eigenvalue weighted by Crippen LogP contribution is -2.23. The van der Waals surface area contributed by atoms with E-state index in [0.29, 0.717) is 21.1 Å². The number of hydrogen-bond donors (Lipinski definition) is 2. The zero-order valence-corrected chi connectivity index (χ0v) is 16.3. The molecule has 0 aliphatic heterocycles. The van der Waals surface area contributed by atoms with Crippen LogP contribution in [0.2, 0.25) is 0 Å². The first-order chi connectivity index (χ1) is 12.0. The van der Waals surface area contributed by atoms with E-state index in [1.165, 1.54) is 0 Å². The van der Waals surface area contributed by atoms with Crippen molar-refractivity contribution in [1.82, 2.24) is 15.5 Å². The predicted octanol–water partition coefficient (Wildman–Crippen LogP) is 4.21. The molecule has 0 aliphatic rings. The fraction of sp³-hybridized carbons (Fsp3) is 0.118. The van der Waals surface area contributed by atoms with Crippen molar-refractivity contribution in [2.75, 3.05) is 0 Å². The van der Waals surface area contributed by atoms with Crippen LogP contribution >= 0.6 is 31.9 Å². The summed E-state index contributed by atoms with van der Waals surface area (Å²) in [6.07, 6.45) is 0. The Bertz CT molecular complexity index is 917. The smallest absolute Gasteiger partial charge is 0.316 e. The number of carbonyl (C=O) groups excluding carboxylic acids is 1. The van der Waals surface area contributed by atoms with Crippen LogP contribution in [0.3, 0.4) is 0 Å². The van der Waals surface area contributed by atoms with E-state index in [9.17, 15) is 9.90 Å². The van der Waals surface area contributed by atoms with E-state index in [4.69, 9.17) is 4.52 Å². The third kappa shape index (κ3) is 3.91. The van der Waals surface area contributed by atoms with Crippen LogP contribution in [0.5, 0.6) is 5.75 Å². The molecule has 3 rings (SSSR count). The molecule has 0 spiro atoms. The zero-order chi connectivity index (χ0) is 18.0. The van der Waals surface area contributed by atoms with Crippen LogP contribution in [0, 0.1) is 6.92 Å². The molecule has 0 bridgehead atoms. The molecule has 8 heteroatoms. The number of amides is 1. The molecule has 0 saturated heterocycles. The minimum Gasteiger partial charge on any atom is -0.506 e. The van der Waals surface area contributed by atoms with Gasteiger partial charge in [-0.05, 0) is 62.0 Å². The van der Waals surface area contributed by atoms with Gasteiger partial charge in [-0.15, -0.1) is 0 Å². The molecule has 0 fully saturated rings. The quantitative estimate of drug-likeness (QED) is 0.601. The predicted molar refractivity (Wildman–Crippen MR) is 99.1 cm³/mol. The van der Waals surface area contributed by atoms with Crippen LogP contribution in [0.1, 0.15) is 21.8 Å². The summed E-state index contributed by atoms with van der Waals surface area (Å²) in [4.78, 5) is 16.3. The SMILES string of the molecule is Cc1ccccc1CNC(=O)c1nc(-c2cc(Br)c(O)c(Br)c2)no1. The van der Waals surface area contributed by atoms with Gasteiger partial charge in [-0.25, -0.2) is 0 Å². The molecule has 0 saturated carbocycles. The van der Waals surface area contributed by atoms with Crippen LogP contribution in [0.4, 0.5) is 0 Å². The second-order valence-electron chi connectivity index (χ2n) is 5.32. The second kappa shape index (κ2) is 7.37. The molecular formula is C17H13Br2N3O3. The summed E-state index contributed by atoms with van der Waals surface area (Å²) in [5.74, 6) is -0.242. The number of halogens is 2. The lowest BCUT2D eigenvalue weighted by molar-refractivity contribution is 0.0907. The Labute approximate surface area is 160 Å². The van der Waals surface area contributed by atoms with Crippen LogP contribution in [0.25, 0.3) is 11.4 Å². The van der Waals surface area contributed by atoms with E-state index in [-0.39, 0.29) is 17.5 Å². The van der Waals surface area contributed by atoms with Crippen molar-refractivity contribution in [3.8, 4) is 17.1 Å². The maximum absolute atomic E-state index is 12.2. The normalized spacial score (nSPS) is 10.7. The van der Waals surface area contributed by atoms with Gasteiger partial charge in [-0.1, -0.05) is 29.4 Å². The Morgan fingerprint density at radius 3 is 2.60 bits per heavy atom. The highest BCUT2D eigenvalue weighted by molar-refractivity contribution is 9.11. The van der Waals surface area contributed by atoms with Gasteiger partial charge in [0, 0.05) is 12.1 Å². The van der Waals surface area contributed by atoms with Crippen molar-refractivity contribution in [3.05, 3.63) is 62.4 Å². The number of nitrogens with one attached hydrogen (secondary N) is 1. The molecule has 25 heavy (non-hydrogen) atoms. The Morgan fingerprint density at radius 1 is 1.24 bits per heavy atom. The Morgan fingerprint density at radius 2 is 1.92 bits per heavy atom. The number of aromatic nitrogens is 2. The number of rotatable bonds is 4. The summed E-state index contributed by atoms with van der Waals surface area (Å²) in [6.45, 7) is 2.35. The minimum absolute atomic E-state index is 0.0726. The van der Waals surface area contributed by atoms with Crippen molar-refractivity contribution >= 4 is 37.8 Å². The molecular weight excluding hydrogens is 454 g/mol. The molecule has 1 heterocycles. The van der Waals surface area contributed by atoms with Gasteiger partial charge < -0.3 is 14.9 Å². The summed E-state index contributed by atoms with van der Waals surface area (Å²) in [5, 5.41) is 16.3. The summed E-state index contributed by atoms with van der Waals surface area (Å²) in [5.41, 5.74) is 2.70. The molecule has 3 aromatic rings. The van der Waals surface area contributed by atoms with Gasteiger partial charge in [-0.3, -0.25) is 4.79 Å². The van der Waals surface area contributed by atoms with Crippen LogP contribution < -0.4 is 5.32 Å². The fourth-order valence-corrected chi connectivity index (χ4v) is 3.37. The first kappa shape index (κ1) is 17.6. The number of benzene rings is 2. The number of aromatic hydroxyl groups is 1. The molecule has 2 N–H and O–H groups in total. The Balaban J connectivity index is 1.75. The number of nitrogens with zero attached hydrogens (tertiary/aromatic N) is 2. The van der Waals surface area contributed by atoms with E-state index < -0.39 is 5.91 Å². The Kier molecular flexibility index (Phi) is 5.19. The molecule has 0 atom stereocenters. The fourth-order valence-electron chi connectivity index (χ4n) is 2.19. The first-order valence-electron chi connectivity index (χ1n) is 7.30. The number of hydrogen-bond acceptors (Lipinski definition) is 5. The lowest BCUT2D eigenvalue weighted by Gasteiger charge is -2.05. The zero-order valence-electron chi connectivity index (χ0n) is 13.1. The molecule has 1 aromatic heterocycles. The number of aryl methyl sites for hydroxylation is 1. The van der Waals surface area contributed by atoms with Gasteiger partial charge >= 0.3 is 11.8 Å². The maximum Gasteiger partial charge on any atom is 0.316 e. The minimum atomic E-state index is -0.445. The first-order valence-corrected chi connectivity index (χ1v) is 8.89. The summed E-state index contributed by atoms with van der Waals surface area (Å²) < 4.78 is 6.00.